The Morgan fingerprint density at radius 2 is 1.84 bits per heavy atom. The topological polar surface area (TPSA) is 26.3 Å². The molecule has 0 saturated heterocycles. The van der Waals surface area contributed by atoms with Crippen LogP contribution < -0.4 is 4.74 Å². The Balaban J connectivity index is 2.44. The minimum Gasteiger partial charge on any atom is -0.495 e. The van der Waals surface area contributed by atoms with Gasteiger partial charge in [0.15, 0.2) is 5.78 Å². The zero-order valence-corrected chi connectivity index (χ0v) is 11.9. The average molecular weight is 275 g/mol. The molecule has 0 heterocycles. The Morgan fingerprint density at radius 1 is 1.11 bits per heavy atom. The van der Waals surface area contributed by atoms with Crippen LogP contribution in [0.5, 0.6) is 5.75 Å². The number of hydrogen-bond donors (Lipinski definition) is 0. The van der Waals surface area contributed by atoms with Gasteiger partial charge in [0.2, 0.25) is 0 Å². The van der Waals surface area contributed by atoms with Gasteiger partial charge in [-0.3, -0.25) is 4.79 Å². The van der Waals surface area contributed by atoms with Crippen molar-refractivity contribution in [1.29, 1.82) is 0 Å². The van der Waals surface area contributed by atoms with Crippen LogP contribution in [0.15, 0.2) is 36.4 Å². The van der Waals surface area contributed by atoms with Crippen molar-refractivity contribution in [3.63, 3.8) is 0 Å². The zero-order chi connectivity index (χ0) is 14.0. The first-order valence-electron chi connectivity index (χ1n) is 5.98. The lowest BCUT2D eigenvalue weighted by Gasteiger charge is -2.08. The molecule has 2 aromatic rings. The van der Waals surface area contributed by atoms with Crippen LogP contribution in [0, 0.1) is 13.8 Å². The molecular formula is C16H15ClO2. The minimum atomic E-state index is -0.0209. The number of halogens is 1. The second-order valence-electron chi connectivity index (χ2n) is 4.50. The maximum absolute atomic E-state index is 12.5. The molecule has 0 saturated carbocycles. The summed E-state index contributed by atoms with van der Waals surface area (Å²) in [4.78, 5) is 12.5. The number of carbonyl (C=O) groups is 1. The Bertz CT molecular complexity index is 633. The average Bonchev–Trinajstić information content (AvgIpc) is 2.38. The van der Waals surface area contributed by atoms with Crippen molar-refractivity contribution < 1.29 is 9.53 Å². The molecule has 0 N–H and O–H groups in total. The van der Waals surface area contributed by atoms with Gasteiger partial charge in [0, 0.05) is 11.1 Å². The highest BCUT2D eigenvalue weighted by Gasteiger charge is 2.13. The molecule has 0 atom stereocenters. The highest BCUT2D eigenvalue weighted by atomic mass is 35.5. The van der Waals surface area contributed by atoms with Crippen molar-refractivity contribution in [2.24, 2.45) is 0 Å². The third kappa shape index (κ3) is 2.79. The smallest absolute Gasteiger partial charge is 0.193 e. The van der Waals surface area contributed by atoms with Crippen LogP contribution in [0.2, 0.25) is 5.02 Å². The van der Waals surface area contributed by atoms with Gasteiger partial charge in [0.25, 0.3) is 0 Å². The summed E-state index contributed by atoms with van der Waals surface area (Å²) in [7, 11) is 1.53. The van der Waals surface area contributed by atoms with Gasteiger partial charge in [-0.25, -0.2) is 0 Å². The monoisotopic (exact) mass is 274 g/mol. The van der Waals surface area contributed by atoms with Crippen molar-refractivity contribution in [1.82, 2.24) is 0 Å². The van der Waals surface area contributed by atoms with E-state index in [0.717, 1.165) is 11.1 Å². The van der Waals surface area contributed by atoms with Crippen molar-refractivity contribution in [3.05, 3.63) is 63.7 Å². The molecule has 0 aliphatic carbocycles. The van der Waals surface area contributed by atoms with Crippen LogP contribution >= 0.6 is 11.6 Å². The van der Waals surface area contributed by atoms with E-state index in [0.29, 0.717) is 21.9 Å². The molecule has 0 aliphatic heterocycles. The second-order valence-corrected chi connectivity index (χ2v) is 4.90. The summed E-state index contributed by atoms with van der Waals surface area (Å²) in [6.45, 7) is 3.94. The molecule has 19 heavy (non-hydrogen) atoms. The van der Waals surface area contributed by atoms with Gasteiger partial charge in [-0.1, -0.05) is 35.4 Å². The van der Waals surface area contributed by atoms with E-state index in [2.05, 4.69) is 0 Å². The highest BCUT2D eigenvalue weighted by Crippen LogP contribution is 2.26. The summed E-state index contributed by atoms with van der Waals surface area (Å²) in [5, 5.41) is 0.500. The van der Waals surface area contributed by atoms with E-state index in [9.17, 15) is 4.79 Å². The van der Waals surface area contributed by atoms with Gasteiger partial charge in [-0.2, -0.15) is 0 Å². The quantitative estimate of drug-likeness (QED) is 0.784. The van der Waals surface area contributed by atoms with Crippen LogP contribution in [-0.2, 0) is 0 Å². The summed E-state index contributed by atoms with van der Waals surface area (Å²) in [5.74, 6) is 0.491. The Hall–Kier alpha value is -1.80. The number of ketones is 1. The Morgan fingerprint density at radius 3 is 2.47 bits per heavy atom. The van der Waals surface area contributed by atoms with E-state index >= 15 is 0 Å². The van der Waals surface area contributed by atoms with E-state index in [1.54, 1.807) is 18.2 Å². The molecule has 0 aliphatic rings. The molecule has 0 unspecified atom stereocenters. The lowest BCUT2D eigenvalue weighted by atomic mass is 9.97. The van der Waals surface area contributed by atoms with Gasteiger partial charge in [0.05, 0.1) is 12.1 Å². The largest absolute Gasteiger partial charge is 0.495 e. The number of rotatable bonds is 3. The van der Waals surface area contributed by atoms with E-state index in [1.165, 1.54) is 7.11 Å². The fourth-order valence-corrected chi connectivity index (χ4v) is 2.22. The third-order valence-corrected chi connectivity index (χ3v) is 3.35. The normalized spacial score (nSPS) is 10.3. The molecule has 2 nitrogen and oxygen atoms in total. The van der Waals surface area contributed by atoms with Gasteiger partial charge in [-0.05, 0) is 37.6 Å². The first-order chi connectivity index (χ1) is 9.02. The first-order valence-corrected chi connectivity index (χ1v) is 6.36. The molecule has 3 heteroatoms. The highest BCUT2D eigenvalue weighted by molar-refractivity contribution is 6.32. The number of aryl methyl sites for hydroxylation is 2. The lowest BCUT2D eigenvalue weighted by molar-refractivity contribution is 0.103. The van der Waals surface area contributed by atoms with Gasteiger partial charge >= 0.3 is 0 Å². The van der Waals surface area contributed by atoms with Crippen LogP contribution in [0.1, 0.15) is 27.0 Å². The zero-order valence-electron chi connectivity index (χ0n) is 11.2. The van der Waals surface area contributed by atoms with E-state index < -0.39 is 0 Å². The van der Waals surface area contributed by atoms with Gasteiger partial charge in [-0.15, -0.1) is 0 Å². The minimum absolute atomic E-state index is 0.0209. The lowest BCUT2D eigenvalue weighted by Crippen LogP contribution is -2.04. The summed E-state index contributed by atoms with van der Waals surface area (Å²) in [5.41, 5.74) is 3.39. The number of carbonyl (C=O) groups excluding carboxylic acids is 1. The summed E-state index contributed by atoms with van der Waals surface area (Å²) in [6.07, 6.45) is 0. The van der Waals surface area contributed by atoms with Crippen LogP contribution in [0.25, 0.3) is 0 Å². The van der Waals surface area contributed by atoms with Crippen molar-refractivity contribution in [2.45, 2.75) is 13.8 Å². The van der Waals surface area contributed by atoms with E-state index in [4.69, 9.17) is 16.3 Å². The Labute approximate surface area is 118 Å². The summed E-state index contributed by atoms with van der Waals surface area (Å²) in [6, 6.07) is 10.9. The molecule has 2 aromatic carbocycles. The van der Waals surface area contributed by atoms with Gasteiger partial charge in [0.1, 0.15) is 5.75 Å². The first kappa shape index (κ1) is 13.6. The van der Waals surface area contributed by atoms with Crippen LogP contribution in [0.3, 0.4) is 0 Å². The van der Waals surface area contributed by atoms with E-state index in [1.807, 2.05) is 32.0 Å². The molecule has 98 valence electrons. The van der Waals surface area contributed by atoms with Crippen LogP contribution in [-0.4, -0.2) is 12.9 Å². The molecule has 0 spiro atoms. The maximum Gasteiger partial charge on any atom is 0.193 e. The standard InChI is InChI=1S/C16H15ClO2/c1-10-4-6-13(11(2)8-10)16(18)12-5-7-14(17)15(9-12)19-3/h4-9H,1-3H3. The molecule has 0 amide bonds. The predicted octanol–water partition coefficient (Wildman–Crippen LogP) is 4.20. The molecular weight excluding hydrogens is 260 g/mol. The number of methoxy groups -OCH3 is 1. The van der Waals surface area contributed by atoms with Crippen LogP contribution in [0.4, 0.5) is 0 Å². The molecule has 2 rings (SSSR count). The fourth-order valence-electron chi connectivity index (χ4n) is 2.02. The van der Waals surface area contributed by atoms with Crippen molar-refractivity contribution >= 4 is 17.4 Å². The molecule has 0 bridgehead atoms. The second kappa shape index (κ2) is 5.45. The number of benzene rings is 2. The predicted molar refractivity (Wildman–Crippen MR) is 77.4 cm³/mol. The molecule has 0 aromatic heterocycles. The van der Waals surface area contributed by atoms with Crippen molar-refractivity contribution in [2.75, 3.05) is 7.11 Å². The third-order valence-electron chi connectivity index (χ3n) is 3.04. The number of hydrogen-bond acceptors (Lipinski definition) is 2. The number of ether oxygens (including phenoxy) is 1. The molecule has 0 fully saturated rings. The Kier molecular flexibility index (Phi) is 3.91. The maximum atomic E-state index is 12.5. The summed E-state index contributed by atoms with van der Waals surface area (Å²) >= 11 is 5.96. The van der Waals surface area contributed by atoms with Gasteiger partial charge < -0.3 is 4.74 Å². The van der Waals surface area contributed by atoms with Crippen molar-refractivity contribution in [3.8, 4) is 5.75 Å². The SMILES string of the molecule is COc1cc(C(=O)c2ccc(C)cc2C)ccc1Cl. The fraction of sp³-hybridized carbons (Fsp3) is 0.188. The van der Waals surface area contributed by atoms with E-state index in [-0.39, 0.29) is 5.78 Å². The summed E-state index contributed by atoms with van der Waals surface area (Å²) < 4.78 is 5.14. The molecule has 0 radical (unpaired) electrons.